The molecule has 2 atom stereocenters. The summed E-state index contributed by atoms with van der Waals surface area (Å²) in [5, 5.41) is 13.6. The minimum atomic E-state index is -4.68. The van der Waals surface area contributed by atoms with Gasteiger partial charge in [0.2, 0.25) is 5.95 Å². The number of hydrogen-bond acceptors (Lipinski definition) is 6. The average molecular weight is 420 g/mol. The molecule has 9 nitrogen and oxygen atoms in total. The Balaban J connectivity index is 1.46. The Morgan fingerprint density at radius 3 is 2.87 bits per heavy atom. The Kier molecular flexibility index (Phi) is 4.20. The number of rotatable bonds is 3. The van der Waals surface area contributed by atoms with E-state index in [0.717, 1.165) is 36.9 Å². The quantitative estimate of drug-likeness (QED) is 0.668. The number of piperidine rings is 1. The van der Waals surface area contributed by atoms with E-state index in [1.807, 2.05) is 0 Å². The zero-order valence-electron chi connectivity index (χ0n) is 16.0. The molecule has 5 heterocycles. The average Bonchev–Trinajstić information content (AvgIpc) is 3.36. The molecule has 2 bridgehead atoms. The number of aromatic nitrogens is 5. The van der Waals surface area contributed by atoms with Gasteiger partial charge in [-0.1, -0.05) is 0 Å². The van der Waals surface area contributed by atoms with Crippen LogP contribution in [-0.4, -0.2) is 56.0 Å². The molecule has 0 radical (unpaired) electrons. The second kappa shape index (κ2) is 6.69. The Bertz CT molecular complexity index is 1120. The molecule has 12 heteroatoms. The van der Waals surface area contributed by atoms with Crippen molar-refractivity contribution in [2.75, 3.05) is 29.9 Å². The van der Waals surface area contributed by atoms with Gasteiger partial charge < -0.3 is 15.5 Å². The van der Waals surface area contributed by atoms with E-state index < -0.39 is 23.5 Å². The third-order valence-corrected chi connectivity index (χ3v) is 5.54. The van der Waals surface area contributed by atoms with Crippen LogP contribution in [0.15, 0.2) is 24.5 Å². The molecule has 0 spiro atoms. The van der Waals surface area contributed by atoms with Gasteiger partial charge in [-0.3, -0.25) is 9.48 Å². The van der Waals surface area contributed by atoms with Gasteiger partial charge >= 0.3 is 6.18 Å². The van der Waals surface area contributed by atoms with Gasteiger partial charge in [-0.05, 0) is 31.0 Å². The van der Waals surface area contributed by atoms with Gasteiger partial charge in [0.25, 0.3) is 5.91 Å². The maximum absolute atomic E-state index is 13.2. The van der Waals surface area contributed by atoms with E-state index in [-0.39, 0.29) is 5.69 Å². The lowest BCUT2D eigenvalue weighted by Gasteiger charge is -2.24. The zero-order chi connectivity index (χ0) is 21.0. The number of fused-ring (bicyclic) bond motifs is 3. The molecule has 2 aliphatic heterocycles. The van der Waals surface area contributed by atoms with E-state index in [0.29, 0.717) is 23.4 Å². The molecule has 3 aromatic heterocycles. The number of anilines is 2. The fourth-order valence-corrected chi connectivity index (χ4v) is 4.23. The summed E-state index contributed by atoms with van der Waals surface area (Å²) in [6.07, 6.45) is -0.884. The second-order valence-corrected chi connectivity index (χ2v) is 7.70. The van der Waals surface area contributed by atoms with Crippen LogP contribution >= 0.6 is 0 Å². The van der Waals surface area contributed by atoms with Crippen LogP contribution in [-0.2, 0) is 13.2 Å². The molecule has 2 saturated heterocycles. The van der Waals surface area contributed by atoms with Crippen LogP contribution in [0.2, 0.25) is 0 Å². The number of alkyl halides is 3. The summed E-state index contributed by atoms with van der Waals surface area (Å²) in [4.78, 5) is 19.3. The monoisotopic (exact) mass is 420 g/mol. The molecule has 0 aliphatic carbocycles. The standard InChI is InChI=1S/C18H19F3N8O/c1-27-9-13(15(25-27)18(19,20)21)24-16(30)14-3-2-11-7-23-17(26-29(11)14)28-8-10-4-12(28)6-22-5-10/h2-3,7,9-10,12,22H,4-6,8H2,1H3,(H,24,30)/t10-,12+/m0/s1. The zero-order valence-corrected chi connectivity index (χ0v) is 16.0. The molecule has 30 heavy (non-hydrogen) atoms. The summed E-state index contributed by atoms with van der Waals surface area (Å²) < 4.78 is 42.0. The topological polar surface area (TPSA) is 92.4 Å². The van der Waals surface area contributed by atoms with E-state index in [1.165, 1.54) is 17.6 Å². The maximum atomic E-state index is 13.2. The first-order valence-corrected chi connectivity index (χ1v) is 9.54. The molecule has 0 aromatic carbocycles. The SMILES string of the molecule is Cn1cc(NC(=O)c2ccc3cnc(N4C[C@@H]5CNC[C@H]4C5)nn23)c(C(F)(F)F)n1. The predicted molar refractivity (Wildman–Crippen MR) is 101 cm³/mol. The minimum absolute atomic E-state index is 0.117. The van der Waals surface area contributed by atoms with E-state index in [9.17, 15) is 18.0 Å². The Morgan fingerprint density at radius 2 is 2.10 bits per heavy atom. The molecule has 5 rings (SSSR count). The van der Waals surface area contributed by atoms with Crippen LogP contribution < -0.4 is 15.5 Å². The molecule has 158 valence electrons. The molecular weight excluding hydrogens is 401 g/mol. The molecular formula is C18H19F3N8O. The highest BCUT2D eigenvalue weighted by Crippen LogP contribution is 2.33. The van der Waals surface area contributed by atoms with Crippen molar-refractivity contribution in [2.24, 2.45) is 13.0 Å². The third-order valence-electron chi connectivity index (χ3n) is 5.54. The summed E-state index contributed by atoms with van der Waals surface area (Å²) in [6.45, 7) is 2.63. The summed E-state index contributed by atoms with van der Waals surface area (Å²) >= 11 is 0. The number of nitrogens with zero attached hydrogens (tertiary/aromatic N) is 6. The summed E-state index contributed by atoms with van der Waals surface area (Å²) in [7, 11) is 1.36. The van der Waals surface area contributed by atoms with Crippen LogP contribution in [0.1, 0.15) is 22.6 Å². The Labute approximate surface area is 168 Å². The van der Waals surface area contributed by atoms with Crippen molar-refractivity contribution >= 4 is 23.1 Å². The molecule has 0 unspecified atom stereocenters. The predicted octanol–water partition coefficient (Wildman–Crippen LogP) is 1.53. The number of aryl methyl sites for hydroxylation is 1. The fraction of sp³-hybridized carbons (Fsp3) is 0.444. The van der Waals surface area contributed by atoms with Gasteiger partial charge in [-0.25, -0.2) is 9.50 Å². The van der Waals surface area contributed by atoms with Crippen molar-refractivity contribution < 1.29 is 18.0 Å². The Hall–Kier alpha value is -3.15. The van der Waals surface area contributed by atoms with E-state index in [1.54, 1.807) is 12.3 Å². The van der Waals surface area contributed by atoms with Crippen molar-refractivity contribution in [1.29, 1.82) is 0 Å². The van der Waals surface area contributed by atoms with Crippen LogP contribution in [0.25, 0.3) is 5.52 Å². The van der Waals surface area contributed by atoms with Gasteiger partial charge in [0.15, 0.2) is 5.69 Å². The number of carbonyl (C=O) groups excluding carboxylic acids is 1. The number of amides is 1. The normalized spacial score (nSPS) is 21.4. The summed E-state index contributed by atoms with van der Waals surface area (Å²) in [5.74, 6) is 0.322. The maximum Gasteiger partial charge on any atom is 0.437 e. The van der Waals surface area contributed by atoms with Crippen molar-refractivity contribution in [3.63, 3.8) is 0 Å². The molecule has 2 fully saturated rings. The number of halogens is 3. The van der Waals surface area contributed by atoms with Gasteiger partial charge in [0.05, 0.1) is 17.4 Å². The summed E-state index contributed by atoms with van der Waals surface area (Å²) in [5.41, 5.74) is -0.859. The number of hydrogen-bond donors (Lipinski definition) is 2. The van der Waals surface area contributed by atoms with Crippen LogP contribution in [0, 0.1) is 5.92 Å². The molecule has 0 saturated carbocycles. The second-order valence-electron chi connectivity index (χ2n) is 7.70. The fourth-order valence-electron chi connectivity index (χ4n) is 4.23. The molecule has 2 aliphatic rings. The smallest absolute Gasteiger partial charge is 0.335 e. The van der Waals surface area contributed by atoms with Crippen molar-refractivity contribution in [1.82, 2.24) is 29.7 Å². The lowest BCUT2D eigenvalue weighted by molar-refractivity contribution is -0.140. The first-order valence-electron chi connectivity index (χ1n) is 9.54. The van der Waals surface area contributed by atoms with Crippen molar-refractivity contribution in [3.8, 4) is 0 Å². The number of carbonyl (C=O) groups is 1. The lowest BCUT2D eigenvalue weighted by Crippen LogP contribution is -2.39. The summed E-state index contributed by atoms with van der Waals surface area (Å²) in [6, 6.07) is 3.45. The van der Waals surface area contributed by atoms with Gasteiger partial charge in [0.1, 0.15) is 5.69 Å². The number of nitrogens with one attached hydrogen (secondary N) is 2. The molecule has 1 amide bonds. The van der Waals surface area contributed by atoms with Crippen LogP contribution in [0.5, 0.6) is 0 Å². The van der Waals surface area contributed by atoms with Crippen LogP contribution in [0.3, 0.4) is 0 Å². The molecule has 3 aromatic rings. The first-order chi connectivity index (χ1) is 14.3. The highest BCUT2D eigenvalue weighted by molar-refractivity contribution is 6.04. The largest absolute Gasteiger partial charge is 0.437 e. The highest BCUT2D eigenvalue weighted by atomic mass is 19.4. The lowest BCUT2D eigenvalue weighted by atomic mass is 10.0. The van der Waals surface area contributed by atoms with Gasteiger partial charge in [-0.2, -0.15) is 18.3 Å². The van der Waals surface area contributed by atoms with Crippen molar-refractivity contribution in [2.45, 2.75) is 18.6 Å². The van der Waals surface area contributed by atoms with E-state index >= 15 is 0 Å². The van der Waals surface area contributed by atoms with Gasteiger partial charge in [0, 0.05) is 32.4 Å². The third kappa shape index (κ3) is 3.16. The van der Waals surface area contributed by atoms with E-state index in [4.69, 9.17) is 0 Å². The van der Waals surface area contributed by atoms with Gasteiger partial charge in [-0.15, -0.1) is 5.10 Å². The molecule has 2 N–H and O–H groups in total. The first kappa shape index (κ1) is 18.9. The van der Waals surface area contributed by atoms with Crippen molar-refractivity contribution in [3.05, 3.63) is 35.9 Å². The van der Waals surface area contributed by atoms with E-state index in [2.05, 4.69) is 30.7 Å². The highest BCUT2D eigenvalue weighted by Gasteiger charge is 2.38. The minimum Gasteiger partial charge on any atom is -0.335 e. The van der Waals surface area contributed by atoms with Crippen LogP contribution in [0.4, 0.5) is 24.8 Å². The Morgan fingerprint density at radius 1 is 1.27 bits per heavy atom.